The normalized spacial score (nSPS) is 11.4. The van der Waals surface area contributed by atoms with Crippen molar-refractivity contribution in [1.82, 2.24) is 4.72 Å². The Morgan fingerprint density at radius 1 is 1.08 bits per heavy atom. The number of hydrogen-bond acceptors (Lipinski definition) is 4. The standard InChI is InChI=1S/C18H23FN2O3S/c1-4-21(5-2)15-8-6-14(7-9-15)13-20-25(22,23)16-10-11-18(24-3)17(19)12-16/h6-12,20H,4-5,13H2,1-3H3. The number of nitrogens with one attached hydrogen (secondary N) is 1. The lowest BCUT2D eigenvalue weighted by molar-refractivity contribution is 0.385. The zero-order chi connectivity index (χ0) is 18.4. The van der Waals surface area contributed by atoms with Crippen LogP contribution in [0, 0.1) is 5.82 Å². The zero-order valence-electron chi connectivity index (χ0n) is 14.6. The van der Waals surface area contributed by atoms with Gasteiger partial charge in [-0.25, -0.2) is 17.5 Å². The smallest absolute Gasteiger partial charge is 0.240 e. The number of methoxy groups -OCH3 is 1. The third-order valence-electron chi connectivity index (χ3n) is 3.96. The molecule has 7 heteroatoms. The van der Waals surface area contributed by atoms with Gasteiger partial charge in [0.2, 0.25) is 10.0 Å². The maximum atomic E-state index is 13.7. The van der Waals surface area contributed by atoms with Gasteiger partial charge in [0.15, 0.2) is 11.6 Å². The Labute approximate surface area is 148 Å². The van der Waals surface area contributed by atoms with E-state index in [2.05, 4.69) is 23.5 Å². The van der Waals surface area contributed by atoms with Crippen molar-refractivity contribution >= 4 is 15.7 Å². The minimum absolute atomic E-state index is 0.00550. The van der Waals surface area contributed by atoms with Gasteiger partial charge in [0.25, 0.3) is 0 Å². The molecular weight excluding hydrogens is 343 g/mol. The van der Waals surface area contributed by atoms with E-state index in [4.69, 9.17) is 4.74 Å². The summed E-state index contributed by atoms with van der Waals surface area (Å²) in [6.45, 7) is 6.12. The Morgan fingerprint density at radius 2 is 1.72 bits per heavy atom. The highest BCUT2D eigenvalue weighted by Crippen LogP contribution is 2.21. The van der Waals surface area contributed by atoms with Crippen LogP contribution < -0.4 is 14.4 Å². The predicted octanol–water partition coefficient (Wildman–Crippen LogP) is 3.16. The van der Waals surface area contributed by atoms with E-state index >= 15 is 0 Å². The van der Waals surface area contributed by atoms with Crippen molar-refractivity contribution in [3.05, 3.63) is 53.8 Å². The lowest BCUT2D eigenvalue weighted by atomic mass is 10.2. The molecule has 0 spiro atoms. The lowest BCUT2D eigenvalue weighted by Crippen LogP contribution is -2.24. The SMILES string of the molecule is CCN(CC)c1ccc(CNS(=O)(=O)c2ccc(OC)c(F)c2)cc1. The molecule has 0 fully saturated rings. The van der Waals surface area contributed by atoms with E-state index in [-0.39, 0.29) is 17.2 Å². The first-order chi connectivity index (χ1) is 11.9. The Kier molecular flexibility index (Phi) is 6.39. The van der Waals surface area contributed by atoms with Gasteiger partial charge in [-0.2, -0.15) is 0 Å². The monoisotopic (exact) mass is 366 g/mol. The van der Waals surface area contributed by atoms with Crippen LogP contribution in [-0.4, -0.2) is 28.6 Å². The number of rotatable bonds is 8. The topological polar surface area (TPSA) is 58.6 Å². The zero-order valence-corrected chi connectivity index (χ0v) is 15.4. The number of halogens is 1. The molecule has 25 heavy (non-hydrogen) atoms. The number of nitrogens with zero attached hydrogens (tertiary/aromatic N) is 1. The van der Waals surface area contributed by atoms with E-state index in [1.165, 1.54) is 19.2 Å². The van der Waals surface area contributed by atoms with E-state index in [1.807, 2.05) is 24.3 Å². The first-order valence-corrected chi connectivity index (χ1v) is 9.56. The summed E-state index contributed by atoms with van der Waals surface area (Å²) in [4.78, 5) is 2.07. The molecule has 5 nitrogen and oxygen atoms in total. The van der Waals surface area contributed by atoms with Gasteiger partial charge in [0.05, 0.1) is 12.0 Å². The molecule has 0 bridgehead atoms. The fraction of sp³-hybridized carbons (Fsp3) is 0.333. The van der Waals surface area contributed by atoms with Crippen molar-refractivity contribution in [1.29, 1.82) is 0 Å². The van der Waals surface area contributed by atoms with Crippen molar-refractivity contribution in [3.8, 4) is 5.75 Å². The summed E-state index contributed by atoms with van der Waals surface area (Å²) in [6.07, 6.45) is 0. The number of hydrogen-bond donors (Lipinski definition) is 1. The quantitative estimate of drug-likeness (QED) is 0.780. The molecular formula is C18H23FN2O3S. The van der Waals surface area contributed by atoms with Crippen molar-refractivity contribution in [2.45, 2.75) is 25.3 Å². The molecule has 136 valence electrons. The predicted molar refractivity (Wildman–Crippen MR) is 97.0 cm³/mol. The van der Waals surface area contributed by atoms with Crippen molar-refractivity contribution < 1.29 is 17.5 Å². The van der Waals surface area contributed by atoms with Crippen molar-refractivity contribution in [2.24, 2.45) is 0 Å². The molecule has 0 aliphatic carbocycles. The van der Waals surface area contributed by atoms with Crippen LogP contribution in [0.2, 0.25) is 0 Å². The molecule has 2 aromatic carbocycles. The molecule has 0 aliphatic heterocycles. The summed E-state index contributed by atoms with van der Waals surface area (Å²) in [5.41, 5.74) is 1.92. The van der Waals surface area contributed by atoms with Crippen LogP contribution in [0.4, 0.5) is 10.1 Å². The number of benzene rings is 2. The van der Waals surface area contributed by atoms with Gasteiger partial charge in [0.1, 0.15) is 0 Å². The summed E-state index contributed by atoms with van der Waals surface area (Å²) in [6, 6.07) is 11.2. The molecule has 0 aromatic heterocycles. The Morgan fingerprint density at radius 3 is 2.24 bits per heavy atom. The molecule has 0 saturated carbocycles. The Balaban J connectivity index is 2.08. The average molecular weight is 366 g/mol. The number of anilines is 1. The molecule has 0 saturated heterocycles. The van der Waals surface area contributed by atoms with Gasteiger partial charge < -0.3 is 9.64 Å². The highest BCUT2D eigenvalue weighted by atomic mass is 32.2. The molecule has 0 atom stereocenters. The Bertz CT molecular complexity index is 804. The molecule has 0 amide bonds. The number of sulfonamides is 1. The summed E-state index contributed by atoms with van der Waals surface area (Å²) >= 11 is 0. The average Bonchev–Trinajstić information content (AvgIpc) is 2.62. The largest absolute Gasteiger partial charge is 0.494 e. The molecule has 0 heterocycles. The van der Waals surface area contributed by atoms with Crippen LogP contribution in [0.3, 0.4) is 0 Å². The maximum Gasteiger partial charge on any atom is 0.240 e. The second-order valence-electron chi connectivity index (χ2n) is 5.46. The van der Waals surface area contributed by atoms with E-state index in [0.717, 1.165) is 30.4 Å². The molecule has 1 N–H and O–H groups in total. The molecule has 2 aromatic rings. The second-order valence-corrected chi connectivity index (χ2v) is 7.23. The van der Waals surface area contributed by atoms with E-state index < -0.39 is 15.8 Å². The van der Waals surface area contributed by atoms with Crippen LogP contribution in [0.5, 0.6) is 5.75 Å². The summed E-state index contributed by atoms with van der Waals surface area (Å²) in [5.74, 6) is -0.708. The van der Waals surface area contributed by atoms with Crippen LogP contribution in [0.15, 0.2) is 47.4 Å². The van der Waals surface area contributed by atoms with E-state index in [9.17, 15) is 12.8 Å². The van der Waals surface area contributed by atoms with Gasteiger partial charge in [-0.1, -0.05) is 12.1 Å². The summed E-state index contributed by atoms with van der Waals surface area (Å²) in [5, 5.41) is 0. The maximum absolute atomic E-state index is 13.7. The van der Waals surface area contributed by atoms with Gasteiger partial charge in [0, 0.05) is 25.3 Å². The van der Waals surface area contributed by atoms with Gasteiger partial charge in [-0.15, -0.1) is 0 Å². The molecule has 0 radical (unpaired) electrons. The Hall–Kier alpha value is -2.12. The van der Waals surface area contributed by atoms with Gasteiger partial charge in [-0.05, 0) is 49.7 Å². The highest BCUT2D eigenvalue weighted by Gasteiger charge is 2.16. The van der Waals surface area contributed by atoms with Gasteiger partial charge >= 0.3 is 0 Å². The van der Waals surface area contributed by atoms with Gasteiger partial charge in [-0.3, -0.25) is 0 Å². The fourth-order valence-electron chi connectivity index (χ4n) is 2.49. The van der Waals surface area contributed by atoms with Crippen LogP contribution in [0.1, 0.15) is 19.4 Å². The van der Waals surface area contributed by atoms with E-state index in [0.29, 0.717) is 0 Å². The first kappa shape index (κ1) is 19.2. The van der Waals surface area contributed by atoms with Crippen molar-refractivity contribution in [2.75, 3.05) is 25.1 Å². The summed E-state index contributed by atoms with van der Waals surface area (Å²) in [7, 11) is -2.47. The van der Waals surface area contributed by atoms with Crippen LogP contribution in [0.25, 0.3) is 0 Å². The second kappa shape index (κ2) is 8.31. The molecule has 2 rings (SSSR count). The molecule has 0 unspecified atom stereocenters. The lowest BCUT2D eigenvalue weighted by Gasteiger charge is -2.21. The van der Waals surface area contributed by atoms with Crippen LogP contribution in [-0.2, 0) is 16.6 Å². The summed E-state index contributed by atoms with van der Waals surface area (Å²) < 4.78 is 45.6. The first-order valence-electron chi connectivity index (χ1n) is 8.08. The highest BCUT2D eigenvalue weighted by molar-refractivity contribution is 7.89. The molecule has 0 aliphatic rings. The fourth-order valence-corrected chi connectivity index (χ4v) is 3.52. The van der Waals surface area contributed by atoms with E-state index in [1.54, 1.807) is 0 Å². The van der Waals surface area contributed by atoms with Crippen LogP contribution >= 0.6 is 0 Å². The third-order valence-corrected chi connectivity index (χ3v) is 5.36. The number of ether oxygens (including phenoxy) is 1. The minimum atomic E-state index is -3.80. The minimum Gasteiger partial charge on any atom is -0.494 e. The third kappa shape index (κ3) is 4.70. The van der Waals surface area contributed by atoms with Crippen molar-refractivity contribution in [3.63, 3.8) is 0 Å².